The fourth-order valence-electron chi connectivity index (χ4n) is 2.74. The summed E-state index contributed by atoms with van der Waals surface area (Å²) in [4.78, 5) is -0.168. The second kappa shape index (κ2) is 8.91. The first-order chi connectivity index (χ1) is 14.6. The van der Waals surface area contributed by atoms with Crippen LogP contribution >= 0.6 is 0 Å². The molecule has 6 nitrogen and oxygen atoms in total. The van der Waals surface area contributed by atoms with Gasteiger partial charge >= 0.3 is 0 Å². The summed E-state index contributed by atoms with van der Waals surface area (Å²) >= 11 is 0. The van der Waals surface area contributed by atoms with Crippen molar-refractivity contribution >= 4 is 37.5 Å². The summed E-state index contributed by atoms with van der Waals surface area (Å²) in [6.07, 6.45) is 1.44. The van der Waals surface area contributed by atoms with Crippen LogP contribution < -0.4 is 9.44 Å². The fourth-order valence-corrected chi connectivity index (χ4v) is 4.94. The van der Waals surface area contributed by atoms with Gasteiger partial charge in [0.25, 0.3) is 20.0 Å². The normalized spacial score (nSPS) is 12.1. The fraction of sp³-hybridized carbons (Fsp3) is 0.0909. The second-order valence-electron chi connectivity index (χ2n) is 6.93. The van der Waals surface area contributed by atoms with Gasteiger partial charge in [0.2, 0.25) is 0 Å². The van der Waals surface area contributed by atoms with Crippen molar-refractivity contribution in [2.75, 3.05) is 9.44 Å². The highest BCUT2D eigenvalue weighted by Crippen LogP contribution is 2.25. The zero-order valence-corrected chi connectivity index (χ0v) is 18.5. The van der Waals surface area contributed by atoms with E-state index in [2.05, 4.69) is 9.44 Å². The van der Waals surface area contributed by atoms with Crippen LogP contribution in [0.2, 0.25) is 0 Å². The van der Waals surface area contributed by atoms with E-state index in [0.717, 1.165) is 17.0 Å². The number of aryl methyl sites for hydroxylation is 2. The Morgan fingerprint density at radius 2 is 1.52 bits per heavy atom. The highest BCUT2D eigenvalue weighted by Gasteiger charge is 2.20. The Hall–Kier alpha value is -3.17. The molecule has 0 fully saturated rings. The van der Waals surface area contributed by atoms with Gasteiger partial charge in [0.1, 0.15) is 5.82 Å². The summed E-state index contributed by atoms with van der Waals surface area (Å²) in [6, 6.07) is 16.8. The van der Waals surface area contributed by atoms with Crippen molar-refractivity contribution in [1.29, 1.82) is 0 Å². The number of benzene rings is 3. The molecule has 0 radical (unpaired) electrons. The van der Waals surface area contributed by atoms with Gasteiger partial charge in [-0.25, -0.2) is 21.2 Å². The number of hydrogen-bond acceptors (Lipinski definition) is 4. The Morgan fingerprint density at radius 1 is 0.839 bits per heavy atom. The summed E-state index contributed by atoms with van der Waals surface area (Å²) in [5.41, 5.74) is 2.00. The molecule has 0 heterocycles. The first-order valence-corrected chi connectivity index (χ1v) is 12.2. The van der Waals surface area contributed by atoms with Crippen LogP contribution in [-0.4, -0.2) is 16.8 Å². The molecule has 9 heteroatoms. The maximum absolute atomic E-state index is 13.9. The van der Waals surface area contributed by atoms with Crippen LogP contribution in [0.3, 0.4) is 0 Å². The monoisotopic (exact) mass is 460 g/mol. The van der Waals surface area contributed by atoms with Crippen LogP contribution in [0.1, 0.15) is 16.7 Å². The summed E-state index contributed by atoms with van der Waals surface area (Å²) in [6.45, 7) is 3.49. The highest BCUT2D eigenvalue weighted by molar-refractivity contribution is 7.95. The van der Waals surface area contributed by atoms with E-state index in [1.54, 1.807) is 19.1 Å². The zero-order chi connectivity index (χ0) is 22.6. The molecule has 3 rings (SSSR count). The van der Waals surface area contributed by atoms with E-state index >= 15 is 0 Å². The van der Waals surface area contributed by atoms with Gasteiger partial charge in [0.05, 0.1) is 21.7 Å². The maximum Gasteiger partial charge on any atom is 0.262 e. The van der Waals surface area contributed by atoms with Crippen molar-refractivity contribution in [3.8, 4) is 0 Å². The summed E-state index contributed by atoms with van der Waals surface area (Å²) in [5, 5.41) is 1.00. The van der Waals surface area contributed by atoms with Crippen LogP contribution in [0.5, 0.6) is 0 Å². The number of rotatable bonds is 7. The molecule has 0 aliphatic carbocycles. The van der Waals surface area contributed by atoms with Crippen LogP contribution in [0.4, 0.5) is 15.8 Å². The molecule has 0 aliphatic heterocycles. The minimum Gasteiger partial charge on any atom is -0.280 e. The van der Waals surface area contributed by atoms with E-state index < -0.39 is 25.9 Å². The lowest BCUT2D eigenvalue weighted by atomic mass is 10.2. The average Bonchev–Trinajstić information content (AvgIpc) is 2.70. The van der Waals surface area contributed by atoms with Crippen molar-refractivity contribution < 1.29 is 21.2 Å². The Bertz CT molecular complexity index is 1330. The van der Waals surface area contributed by atoms with E-state index in [0.29, 0.717) is 11.1 Å². The van der Waals surface area contributed by atoms with Gasteiger partial charge in [-0.2, -0.15) is 0 Å². The molecule has 3 aromatic rings. The predicted octanol–water partition coefficient (Wildman–Crippen LogP) is 4.66. The molecule has 0 amide bonds. The Balaban J connectivity index is 1.84. The minimum absolute atomic E-state index is 0.0630. The Morgan fingerprint density at radius 3 is 2.19 bits per heavy atom. The van der Waals surface area contributed by atoms with Crippen molar-refractivity contribution in [2.45, 2.75) is 18.7 Å². The van der Waals surface area contributed by atoms with Crippen molar-refractivity contribution in [3.63, 3.8) is 0 Å². The van der Waals surface area contributed by atoms with Crippen molar-refractivity contribution in [1.82, 2.24) is 0 Å². The van der Waals surface area contributed by atoms with Gasteiger partial charge in [-0.3, -0.25) is 9.44 Å². The third-order valence-corrected chi connectivity index (χ3v) is 6.90. The quantitative estimate of drug-likeness (QED) is 0.537. The summed E-state index contributed by atoms with van der Waals surface area (Å²) in [7, 11) is -8.04. The first-order valence-electron chi connectivity index (χ1n) is 9.21. The lowest BCUT2D eigenvalue weighted by Gasteiger charge is -2.13. The number of para-hydroxylation sites is 1. The number of nitrogens with one attached hydrogen (secondary N) is 2. The third-order valence-electron chi connectivity index (χ3n) is 4.37. The molecule has 3 aromatic carbocycles. The Kier molecular flexibility index (Phi) is 6.47. The molecule has 0 saturated carbocycles. The molecular formula is C22H21FN2O4S2. The first kappa shape index (κ1) is 22.5. The molecule has 0 unspecified atom stereocenters. The molecule has 2 N–H and O–H groups in total. The van der Waals surface area contributed by atoms with E-state index in [-0.39, 0.29) is 16.3 Å². The molecule has 0 aliphatic rings. The van der Waals surface area contributed by atoms with Crippen LogP contribution in [0.25, 0.3) is 6.08 Å². The third kappa shape index (κ3) is 5.93. The predicted molar refractivity (Wildman–Crippen MR) is 121 cm³/mol. The number of sulfonamides is 2. The maximum atomic E-state index is 13.9. The van der Waals surface area contributed by atoms with E-state index in [1.165, 1.54) is 42.5 Å². The van der Waals surface area contributed by atoms with Crippen LogP contribution in [0.15, 0.2) is 77.0 Å². The Labute approximate surface area is 181 Å². The van der Waals surface area contributed by atoms with Crippen molar-refractivity contribution in [2.24, 2.45) is 0 Å². The molecule has 0 atom stereocenters. The molecule has 0 saturated heterocycles. The largest absolute Gasteiger partial charge is 0.280 e. The van der Waals surface area contributed by atoms with E-state index in [4.69, 9.17) is 0 Å². The molecule has 0 aromatic heterocycles. The van der Waals surface area contributed by atoms with Crippen LogP contribution in [0, 0.1) is 19.7 Å². The molecule has 0 spiro atoms. The number of halogens is 1. The smallest absolute Gasteiger partial charge is 0.262 e. The lowest BCUT2D eigenvalue weighted by Crippen LogP contribution is -2.16. The van der Waals surface area contributed by atoms with Crippen LogP contribution in [-0.2, 0) is 20.0 Å². The zero-order valence-electron chi connectivity index (χ0n) is 16.8. The number of hydrogen-bond donors (Lipinski definition) is 2. The topological polar surface area (TPSA) is 92.3 Å². The van der Waals surface area contributed by atoms with Gasteiger partial charge in [-0.1, -0.05) is 48.0 Å². The standard InChI is InChI=1S/C22H21FN2O4S2/c1-16-7-10-18(11-8-16)13-14-30(26,27)24-19-12-9-17(2)22(15-19)31(28,29)25-21-6-4-3-5-20(21)23/h3-15,24-25H,1-2H3/b14-13+. The van der Waals surface area contributed by atoms with E-state index in [1.807, 2.05) is 19.1 Å². The van der Waals surface area contributed by atoms with Gasteiger partial charge in [-0.15, -0.1) is 0 Å². The lowest BCUT2D eigenvalue weighted by molar-refractivity contribution is 0.597. The summed E-state index contributed by atoms with van der Waals surface area (Å²) < 4.78 is 68.7. The van der Waals surface area contributed by atoms with Gasteiger partial charge in [0, 0.05) is 0 Å². The summed E-state index contributed by atoms with van der Waals surface area (Å²) in [5.74, 6) is -0.721. The second-order valence-corrected chi connectivity index (χ2v) is 10.1. The molecular weight excluding hydrogens is 439 g/mol. The average molecular weight is 461 g/mol. The number of anilines is 2. The molecule has 162 valence electrons. The molecule has 31 heavy (non-hydrogen) atoms. The van der Waals surface area contributed by atoms with E-state index in [9.17, 15) is 21.2 Å². The van der Waals surface area contributed by atoms with Gasteiger partial charge < -0.3 is 0 Å². The van der Waals surface area contributed by atoms with Gasteiger partial charge in [0.15, 0.2) is 0 Å². The van der Waals surface area contributed by atoms with Gasteiger partial charge in [-0.05, 0) is 55.3 Å². The van der Waals surface area contributed by atoms with Crippen molar-refractivity contribution in [3.05, 3.63) is 94.6 Å². The highest BCUT2D eigenvalue weighted by atomic mass is 32.2. The molecule has 0 bridgehead atoms. The minimum atomic E-state index is -4.15. The SMILES string of the molecule is Cc1ccc(/C=C/S(=O)(=O)Nc2ccc(C)c(S(=O)(=O)Nc3ccccc3F)c2)cc1.